The van der Waals surface area contributed by atoms with Gasteiger partial charge in [0.1, 0.15) is 5.75 Å². The summed E-state index contributed by atoms with van der Waals surface area (Å²) < 4.78 is 5.33. The predicted molar refractivity (Wildman–Crippen MR) is 130 cm³/mol. The third-order valence-electron chi connectivity index (χ3n) is 5.57. The molecule has 168 valence electrons. The minimum absolute atomic E-state index is 0.299. The lowest BCUT2D eigenvalue weighted by Crippen LogP contribution is -2.14. The van der Waals surface area contributed by atoms with E-state index in [0.717, 1.165) is 38.8 Å². The predicted octanol–water partition coefficient (Wildman–Crippen LogP) is 4.24. The zero-order chi connectivity index (χ0) is 23.7. The van der Waals surface area contributed by atoms with Gasteiger partial charge in [-0.05, 0) is 59.2 Å². The number of tetrazole rings is 1. The molecule has 9 nitrogen and oxygen atoms in total. The van der Waals surface area contributed by atoms with Crippen molar-refractivity contribution in [3.63, 3.8) is 0 Å². The number of nitrogens with zero attached hydrogens (tertiary/aromatic N) is 4. The second-order valence-electron chi connectivity index (χ2n) is 7.77. The number of nitrogens with one attached hydrogen (secondary N) is 2. The van der Waals surface area contributed by atoms with E-state index in [1.807, 2.05) is 61.5 Å². The second-order valence-corrected chi connectivity index (χ2v) is 7.77. The number of anilines is 2. The zero-order valence-electron chi connectivity index (χ0n) is 18.5. The summed E-state index contributed by atoms with van der Waals surface area (Å²) in [6, 6.07) is 19.4. The van der Waals surface area contributed by atoms with E-state index in [0.29, 0.717) is 22.8 Å². The topological polar surface area (TPSA) is 132 Å². The molecular formula is C25H21N7O2. The molecule has 34 heavy (non-hydrogen) atoms. The fourth-order valence-corrected chi connectivity index (χ4v) is 3.94. The van der Waals surface area contributed by atoms with Crippen molar-refractivity contribution in [2.24, 2.45) is 5.73 Å². The van der Waals surface area contributed by atoms with Crippen molar-refractivity contribution in [2.45, 2.75) is 6.92 Å². The molecule has 5 aromatic rings. The molecule has 0 aliphatic heterocycles. The Balaban J connectivity index is 1.69. The number of benzene rings is 3. The molecule has 0 aliphatic carbocycles. The Morgan fingerprint density at radius 2 is 1.85 bits per heavy atom. The van der Waals surface area contributed by atoms with E-state index in [1.165, 1.54) is 6.20 Å². The number of nitrogens with two attached hydrogens (primary N) is 1. The first-order valence-electron chi connectivity index (χ1n) is 10.5. The van der Waals surface area contributed by atoms with Gasteiger partial charge in [-0.2, -0.15) is 5.21 Å². The molecule has 0 spiro atoms. The van der Waals surface area contributed by atoms with Crippen molar-refractivity contribution in [1.29, 1.82) is 0 Å². The molecule has 0 unspecified atom stereocenters. The molecular weight excluding hydrogens is 430 g/mol. The molecule has 4 N–H and O–H groups in total. The maximum atomic E-state index is 12.3. The number of aromatic nitrogens is 5. The van der Waals surface area contributed by atoms with Crippen molar-refractivity contribution < 1.29 is 9.53 Å². The maximum Gasteiger partial charge on any atom is 0.252 e. The van der Waals surface area contributed by atoms with Gasteiger partial charge in [0.2, 0.25) is 5.82 Å². The molecule has 0 atom stereocenters. The minimum atomic E-state index is -0.568. The summed E-state index contributed by atoms with van der Waals surface area (Å²) in [4.78, 5) is 16.8. The highest BCUT2D eigenvalue weighted by Crippen LogP contribution is 2.35. The number of H-pyrrole nitrogens is 1. The largest absolute Gasteiger partial charge is 0.497 e. The Morgan fingerprint density at radius 1 is 1.03 bits per heavy atom. The van der Waals surface area contributed by atoms with Gasteiger partial charge in [-0.1, -0.05) is 24.3 Å². The molecule has 0 radical (unpaired) electrons. The van der Waals surface area contributed by atoms with E-state index >= 15 is 0 Å². The van der Waals surface area contributed by atoms with Crippen LogP contribution < -0.4 is 15.8 Å². The number of ether oxygens (including phenoxy) is 1. The average Bonchev–Trinajstić information content (AvgIpc) is 3.39. The van der Waals surface area contributed by atoms with Crippen molar-refractivity contribution in [3.05, 3.63) is 78.0 Å². The standard InChI is InChI=1S/C25H21N7O2/c1-14-9-17(15-5-3-6-16(10-15)25-29-31-32-30-25)11-20-22(14)27-13-21(24(26)33)23(20)28-18-7-4-8-19(12-18)34-2/h3-13H,1-2H3,(H2,26,33)(H,27,28)(H,29,30,31,32). The number of aromatic amines is 1. The number of aryl methyl sites for hydroxylation is 1. The van der Waals surface area contributed by atoms with Crippen molar-refractivity contribution in [1.82, 2.24) is 25.6 Å². The van der Waals surface area contributed by atoms with Crippen LogP contribution in [0.5, 0.6) is 5.75 Å². The van der Waals surface area contributed by atoms with E-state index in [4.69, 9.17) is 10.5 Å². The second kappa shape index (κ2) is 8.62. The van der Waals surface area contributed by atoms with Gasteiger partial charge in [-0.15, -0.1) is 10.2 Å². The van der Waals surface area contributed by atoms with E-state index < -0.39 is 5.91 Å². The number of hydrogen-bond donors (Lipinski definition) is 3. The van der Waals surface area contributed by atoms with Gasteiger partial charge in [0.25, 0.3) is 5.91 Å². The lowest BCUT2D eigenvalue weighted by atomic mass is 9.96. The highest BCUT2D eigenvalue weighted by atomic mass is 16.5. The first-order chi connectivity index (χ1) is 16.5. The van der Waals surface area contributed by atoms with Crippen LogP contribution in [-0.4, -0.2) is 38.6 Å². The molecule has 9 heteroatoms. The zero-order valence-corrected chi connectivity index (χ0v) is 18.5. The van der Waals surface area contributed by atoms with Crippen LogP contribution in [0.2, 0.25) is 0 Å². The molecule has 1 amide bonds. The fourth-order valence-electron chi connectivity index (χ4n) is 3.94. The summed E-state index contributed by atoms with van der Waals surface area (Å²) in [5, 5.41) is 18.4. The molecule has 3 aromatic carbocycles. The lowest BCUT2D eigenvalue weighted by molar-refractivity contribution is 0.100. The summed E-state index contributed by atoms with van der Waals surface area (Å²) in [6.45, 7) is 1.99. The Bertz CT molecular complexity index is 1510. The Labute approximate surface area is 195 Å². The number of amides is 1. The van der Waals surface area contributed by atoms with E-state index in [2.05, 4.69) is 37.0 Å². The Hall–Kier alpha value is -4.79. The third-order valence-corrected chi connectivity index (χ3v) is 5.57. The average molecular weight is 451 g/mol. The van der Waals surface area contributed by atoms with Crippen LogP contribution in [0.3, 0.4) is 0 Å². The number of methoxy groups -OCH3 is 1. The monoisotopic (exact) mass is 451 g/mol. The number of hydrogen-bond acceptors (Lipinski definition) is 7. The maximum absolute atomic E-state index is 12.3. The highest BCUT2D eigenvalue weighted by molar-refractivity contribution is 6.09. The number of fused-ring (bicyclic) bond motifs is 1. The molecule has 2 aromatic heterocycles. The molecule has 2 heterocycles. The number of carbonyl (C=O) groups is 1. The first-order valence-corrected chi connectivity index (χ1v) is 10.5. The summed E-state index contributed by atoms with van der Waals surface area (Å²) in [6.07, 6.45) is 1.51. The summed E-state index contributed by atoms with van der Waals surface area (Å²) in [5.74, 6) is 0.638. The molecule has 0 saturated carbocycles. The third kappa shape index (κ3) is 3.90. The molecule has 0 saturated heterocycles. The van der Waals surface area contributed by atoms with Crippen LogP contribution in [-0.2, 0) is 0 Å². The van der Waals surface area contributed by atoms with E-state index in [-0.39, 0.29) is 0 Å². The van der Waals surface area contributed by atoms with Gasteiger partial charge in [0.15, 0.2) is 0 Å². The van der Waals surface area contributed by atoms with Gasteiger partial charge in [-0.25, -0.2) is 0 Å². The van der Waals surface area contributed by atoms with Crippen LogP contribution in [0.15, 0.2) is 66.9 Å². The first kappa shape index (κ1) is 21.1. The fraction of sp³-hybridized carbons (Fsp3) is 0.0800. The smallest absolute Gasteiger partial charge is 0.252 e. The lowest BCUT2D eigenvalue weighted by Gasteiger charge is -2.16. The minimum Gasteiger partial charge on any atom is -0.497 e. The number of pyridine rings is 1. The molecule has 0 aliphatic rings. The van der Waals surface area contributed by atoms with Gasteiger partial charge in [0, 0.05) is 28.9 Å². The van der Waals surface area contributed by atoms with Crippen LogP contribution in [0.4, 0.5) is 11.4 Å². The van der Waals surface area contributed by atoms with Crippen molar-refractivity contribution in [2.75, 3.05) is 12.4 Å². The van der Waals surface area contributed by atoms with Crippen LogP contribution in [0.25, 0.3) is 33.4 Å². The van der Waals surface area contributed by atoms with Crippen LogP contribution >= 0.6 is 0 Å². The summed E-state index contributed by atoms with van der Waals surface area (Å²) in [5.41, 5.74) is 11.8. The van der Waals surface area contributed by atoms with Crippen LogP contribution in [0.1, 0.15) is 15.9 Å². The van der Waals surface area contributed by atoms with E-state index in [1.54, 1.807) is 7.11 Å². The molecule has 0 fully saturated rings. The quantitative estimate of drug-likeness (QED) is 0.352. The number of rotatable bonds is 6. The highest BCUT2D eigenvalue weighted by Gasteiger charge is 2.17. The van der Waals surface area contributed by atoms with Crippen molar-refractivity contribution in [3.8, 4) is 28.3 Å². The molecule has 0 bridgehead atoms. The normalized spacial score (nSPS) is 10.9. The number of primary amides is 1. The van der Waals surface area contributed by atoms with E-state index in [9.17, 15) is 4.79 Å². The van der Waals surface area contributed by atoms with Gasteiger partial charge >= 0.3 is 0 Å². The Morgan fingerprint density at radius 3 is 2.62 bits per heavy atom. The van der Waals surface area contributed by atoms with Crippen LogP contribution in [0, 0.1) is 6.92 Å². The Kier molecular flexibility index (Phi) is 5.35. The van der Waals surface area contributed by atoms with Gasteiger partial charge in [-0.3, -0.25) is 9.78 Å². The van der Waals surface area contributed by atoms with Crippen molar-refractivity contribution >= 4 is 28.2 Å². The van der Waals surface area contributed by atoms with Gasteiger partial charge in [0.05, 0.1) is 23.9 Å². The molecule has 5 rings (SSSR count). The number of carbonyl (C=O) groups excluding carboxylic acids is 1. The SMILES string of the molecule is COc1cccc(Nc2c(C(N)=O)cnc3c(C)cc(-c4cccc(-c5nn[nH]n5)c4)cc23)c1. The summed E-state index contributed by atoms with van der Waals surface area (Å²) in [7, 11) is 1.61. The van der Waals surface area contributed by atoms with Gasteiger partial charge < -0.3 is 15.8 Å². The summed E-state index contributed by atoms with van der Waals surface area (Å²) >= 11 is 0.